The second kappa shape index (κ2) is 7.60. The molecule has 1 atom stereocenters. The van der Waals surface area contributed by atoms with Gasteiger partial charge in [0.05, 0.1) is 0 Å². The van der Waals surface area contributed by atoms with Gasteiger partial charge in [0.1, 0.15) is 5.82 Å². The summed E-state index contributed by atoms with van der Waals surface area (Å²) in [7, 11) is 0. The first-order valence-electron chi connectivity index (χ1n) is 9.15. The quantitative estimate of drug-likeness (QED) is 0.926. The lowest BCUT2D eigenvalue weighted by atomic mass is 10.0. The average Bonchev–Trinajstić information content (AvgIpc) is 3.13. The zero-order valence-corrected chi connectivity index (χ0v) is 14.5. The highest BCUT2D eigenvalue weighted by Crippen LogP contribution is 2.24. The fourth-order valence-corrected chi connectivity index (χ4v) is 3.94. The molecule has 1 aromatic carbocycles. The molecule has 0 bridgehead atoms. The molecule has 2 aromatic rings. The van der Waals surface area contributed by atoms with E-state index in [0.717, 1.165) is 56.0 Å². The zero-order valence-electron chi connectivity index (χ0n) is 14.5. The number of hydrogen-bond acceptors (Lipinski definition) is 4. The topological polar surface area (TPSA) is 31.4 Å². The fourth-order valence-electron chi connectivity index (χ4n) is 3.94. The van der Waals surface area contributed by atoms with Gasteiger partial charge in [0.15, 0.2) is 0 Å². The van der Waals surface area contributed by atoms with Crippen molar-refractivity contribution in [3.63, 3.8) is 0 Å². The highest BCUT2D eigenvalue weighted by Gasteiger charge is 2.28. The van der Waals surface area contributed by atoms with Crippen molar-refractivity contribution in [2.24, 2.45) is 0 Å². The highest BCUT2D eigenvalue weighted by molar-refractivity contribution is 5.63. The second-order valence-corrected chi connectivity index (χ2v) is 7.01. The molecule has 0 radical (unpaired) electrons. The van der Waals surface area contributed by atoms with Gasteiger partial charge in [-0.2, -0.15) is 0 Å². The summed E-state index contributed by atoms with van der Waals surface area (Å²) in [6, 6.07) is 10.0. The van der Waals surface area contributed by atoms with Gasteiger partial charge in [0.25, 0.3) is 0 Å². The number of benzene rings is 1. The maximum Gasteiger partial charge on any atom is 0.128 e. The molecule has 5 heteroatoms. The lowest BCUT2D eigenvalue weighted by molar-refractivity contribution is 0.170. The molecular weight excluding hydrogens is 315 g/mol. The normalized spacial score (nSPS) is 22.4. The second-order valence-electron chi connectivity index (χ2n) is 7.01. The van der Waals surface area contributed by atoms with E-state index in [-0.39, 0.29) is 5.82 Å². The van der Waals surface area contributed by atoms with Crippen molar-refractivity contribution in [1.82, 2.24) is 20.1 Å². The van der Waals surface area contributed by atoms with Crippen molar-refractivity contribution < 1.29 is 4.39 Å². The number of halogens is 1. The van der Waals surface area contributed by atoms with Crippen molar-refractivity contribution >= 4 is 0 Å². The van der Waals surface area contributed by atoms with Crippen LogP contribution in [0.2, 0.25) is 0 Å². The van der Waals surface area contributed by atoms with Gasteiger partial charge in [-0.3, -0.25) is 14.8 Å². The van der Waals surface area contributed by atoms with E-state index in [9.17, 15) is 4.39 Å². The SMILES string of the molecule is Fc1cc(-c2ccncc2)ccc1CN1CCC(N2CCNCC2)C1. The monoisotopic (exact) mass is 340 g/mol. The van der Waals surface area contributed by atoms with Crippen LogP contribution in [0.4, 0.5) is 4.39 Å². The summed E-state index contributed by atoms with van der Waals surface area (Å²) in [5, 5.41) is 3.41. The fraction of sp³-hybridized carbons (Fsp3) is 0.450. The Morgan fingerprint density at radius 1 is 1.04 bits per heavy atom. The molecule has 1 aromatic heterocycles. The minimum absolute atomic E-state index is 0.111. The first kappa shape index (κ1) is 16.6. The van der Waals surface area contributed by atoms with E-state index in [1.54, 1.807) is 18.5 Å². The lowest BCUT2D eigenvalue weighted by Gasteiger charge is -2.32. The van der Waals surface area contributed by atoms with E-state index in [1.807, 2.05) is 24.3 Å². The molecule has 2 aliphatic rings. The molecule has 1 unspecified atom stereocenters. The van der Waals surface area contributed by atoms with Gasteiger partial charge in [0, 0.05) is 69.8 Å². The highest BCUT2D eigenvalue weighted by atomic mass is 19.1. The number of piperazine rings is 1. The van der Waals surface area contributed by atoms with Gasteiger partial charge in [-0.15, -0.1) is 0 Å². The molecule has 25 heavy (non-hydrogen) atoms. The van der Waals surface area contributed by atoms with Crippen LogP contribution in [0.1, 0.15) is 12.0 Å². The largest absolute Gasteiger partial charge is 0.314 e. The van der Waals surface area contributed by atoms with Gasteiger partial charge in [-0.1, -0.05) is 12.1 Å². The molecule has 4 rings (SSSR count). The number of nitrogens with one attached hydrogen (secondary N) is 1. The Hall–Kier alpha value is -1.82. The van der Waals surface area contributed by atoms with Gasteiger partial charge in [0.2, 0.25) is 0 Å². The predicted octanol–water partition coefficient (Wildman–Crippen LogP) is 2.37. The molecule has 2 saturated heterocycles. The molecule has 2 aliphatic heterocycles. The number of pyridine rings is 1. The predicted molar refractivity (Wildman–Crippen MR) is 97.8 cm³/mol. The van der Waals surface area contributed by atoms with E-state index in [4.69, 9.17) is 0 Å². The van der Waals surface area contributed by atoms with Gasteiger partial charge in [-0.25, -0.2) is 4.39 Å². The van der Waals surface area contributed by atoms with Crippen LogP contribution in [-0.2, 0) is 6.54 Å². The van der Waals surface area contributed by atoms with Crippen molar-refractivity contribution in [3.8, 4) is 11.1 Å². The van der Waals surface area contributed by atoms with E-state index in [2.05, 4.69) is 20.1 Å². The summed E-state index contributed by atoms with van der Waals surface area (Å²) in [6.45, 7) is 7.24. The standard InChI is InChI=1S/C20H25FN4/c21-20-13-17(16-3-6-22-7-4-16)1-2-18(20)14-24-10-5-19(15-24)25-11-8-23-9-12-25/h1-4,6-7,13,19,23H,5,8-12,14-15H2. The van der Waals surface area contributed by atoms with Crippen LogP contribution in [0.25, 0.3) is 11.1 Å². The van der Waals surface area contributed by atoms with Crippen LogP contribution < -0.4 is 5.32 Å². The lowest BCUT2D eigenvalue weighted by Crippen LogP contribution is -2.49. The van der Waals surface area contributed by atoms with E-state index >= 15 is 0 Å². The van der Waals surface area contributed by atoms with Crippen molar-refractivity contribution in [2.45, 2.75) is 19.0 Å². The van der Waals surface area contributed by atoms with Crippen LogP contribution in [0.5, 0.6) is 0 Å². The van der Waals surface area contributed by atoms with Gasteiger partial charge >= 0.3 is 0 Å². The third-order valence-corrected chi connectivity index (χ3v) is 5.38. The van der Waals surface area contributed by atoms with E-state index < -0.39 is 0 Å². The first-order chi connectivity index (χ1) is 12.3. The third kappa shape index (κ3) is 3.89. The first-order valence-corrected chi connectivity index (χ1v) is 9.15. The smallest absolute Gasteiger partial charge is 0.128 e. The Morgan fingerprint density at radius 3 is 2.60 bits per heavy atom. The molecule has 3 heterocycles. The Kier molecular flexibility index (Phi) is 5.06. The Bertz CT molecular complexity index is 700. The summed E-state index contributed by atoms with van der Waals surface area (Å²) in [4.78, 5) is 8.99. The molecule has 0 spiro atoms. The minimum Gasteiger partial charge on any atom is -0.314 e. The molecule has 132 valence electrons. The number of hydrogen-bond donors (Lipinski definition) is 1. The van der Waals surface area contributed by atoms with Crippen molar-refractivity contribution in [3.05, 3.63) is 54.1 Å². The summed E-state index contributed by atoms with van der Waals surface area (Å²) in [6.07, 6.45) is 4.67. The Labute approximate surface area is 148 Å². The third-order valence-electron chi connectivity index (χ3n) is 5.38. The average molecular weight is 340 g/mol. The molecule has 4 nitrogen and oxygen atoms in total. The Balaban J connectivity index is 1.40. The summed E-state index contributed by atoms with van der Waals surface area (Å²) in [5.41, 5.74) is 2.70. The minimum atomic E-state index is -0.111. The number of nitrogens with zero attached hydrogens (tertiary/aromatic N) is 3. The molecule has 0 aliphatic carbocycles. The van der Waals surface area contributed by atoms with Crippen LogP contribution in [0.3, 0.4) is 0 Å². The molecule has 0 saturated carbocycles. The maximum absolute atomic E-state index is 14.6. The van der Waals surface area contributed by atoms with Crippen molar-refractivity contribution in [1.29, 1.82) is 0 Å². The zero-order chi connectivity index (χ0) is 17.1. The van der Waals surface area contributed by atoms with E-state index in [1.165, 1.54) is 6.42 Å². The van der Waals surface area contributed by atoms with Crippen LogP contribution in [-0.4, -0.2) is 60.1 Å². The number of likely N-dealkylation sites (tertiary alicyclic amines) is 1. The van der Waals surface area contributed by atoms with Crippen LogP contribution in [0, 0.1) is 5.82 Å². The summed E-state index contributed by atoms with van der Waals surface area (Å²) >= 11 is 0. The molecule has 0 amide bonds. The summed E-state index contributed by atoms with van der Waals surface area (Å²) < 4.78 is 14.6. The maximum atomic E-state index is 14.6. The van der Waals surface area contributed by atoms with E-state index in [0.29, 0.717) is 12.6 Å². The molecule has 2 fully saturated rings. The number of aromatic nitrogens is 1. The van der Waals surface area contributed by atoms with Crippen LogP contribution in [0.15, 0.2) is 42.7 Å². The molecular formula is C20H25FN4. The number of rotatable bonds is 4. The summed E-state index contributed by atoms with van der Waals surface area (Å²) in [5.74, 6) is -0.111. The van der Waals surface area contributed by atoms with Gasteiger partial charge < -0.3 is 5.32 Å². The van der Waals surface area contributed by atoms with Gasteiger partial charge in [-0.05, 0) is 35.7 Å². The molecule has 1 N–H and O–H groups in total. The Morgan fingerprint density at radius 2 is 1.84 bits per heavy atom. The van der Waals surface area contributed by atoms with Crippen LogP contribution >= 0.6 is 0 Å². The van der Waals surface area contributed by atoms with Crippen molar-refractivity contribution in [2.75, 3.05) is 39.3 Å².